The fourth-order valence-electron chi connectivity index (χ4n) is 1.79. The molecule has 0 fully saturated rings. The summed E-state index contributed by atoms with van der Waals surface area (Å²) in [6, 6.07) is 3.68. The van der Waals surface area contributed by atoms with Crippen molar-refractivity contribution in [2.45, 2.75) is 19.1 Å². The molecule has 1 atom stereocenters. The van der Waals surface area contributed by atoms with Gasteiger partial charge in [-0.2, -0.15) is 8.42 Å². The summed E-state index contributed by atoms with van der Waals surface area (Å²) in [6.07, 6.45) is 9.47. The van der Waals surface area contributed by atoms with E-state index in [4.69, 9.17) is 4.18 Å². The molecule has 0 N–H and O–H groups in total. The molecular weight excluding hydrogens is 266 g/mol. The van der Waals surface area contributed by atoms with Gasteiger partial charge in [0.25, 0.3) is 10.1 Å². The maximum Gasteiger partial charge on any atom is 0.264 e. The molecule has 1 unspecified atom stereocenters. The molecule has 2 aromatic rings. The van der Waals surface area contributed by atoms with Crippen LogP contribution in [0.15, 0.2) is 43.2 Å². The van der Waals surface area contributed by atoms with Crippen molar-refractivity contribution in [2.24, 2.45) is 0 Å². The van der Waals surface area contributed by atoms with Crippen LogP contribution < -0.4 is 0 Å². The fourth-order valence-corrected chi connectivity index (χ4v) is 2.41. The predicted octanol–water partition coefficient (Wildman–Crippen LogP) is 0.866. The topological polar surface area (TPSA) is 74.1 Å². The third kappa shape index (κ3) is 4.80. The summed E-state index contributed by atoms with van der Waals surface area (Å²) >= 11 is 0. The molecule has 2 rings (SSSR count). The van der Waals surface area contributed by atoms with Gasteiger partial charge in [-0.05, 0) is 17.7 Å². The Kier molecular flexibility index (Phi) is 4.28. The highest BCUT2D eigenvalue weighted by molar-refractivity contribution is 7.86. The minimum Gasteiger partial charge on any atom is -0.335 e. The molecule has 0 radical (unpaired) electrons. The molecule has 0 saturated heterocycles. The molecule has 0 aliphatic carbocycles. The van der Waals surface area contributed by atoms with Crippen molar-refractivity contribution in [2.75, 3.05) is 6.26 Å². The van der Waals surface area contributed by atoms with Crippen LogP contribution in [0.1, 0.15) is 5.56 Å². The second kappa shape index (κ2) is 5.94. The smallest absolute Gasteiger partial charge is 0.264 e. The van der Waals surface area contributed by atoms with Crippen LogP contribution >= 0.6 is 0 Å². The number of rotatable bonds is 6. The lowest BCUT2D eigenvalue weighted by atomic mass is 10.1. The van der Waals surface area contributed by atoms with E-state index < -0.39 is 16.2 Å². The van der Waals surface area contributed by atoms with Gasteiger partial charge in [0, 0.05) is 31.2 Å². The van der Waals surface area contributed by atoms with Gasteiger partial charge < -0.3 is 4.57 Å². The molecular formula is C12H15N3O3S. The molecule has 0 aromatic carbocycles. The van der Waals surface area contributed by atoms with Gasteiger partial charge in [-0.3, -0.25) is 9.17 Å². The van der Waals surface area contributed by atoms with Gasteiger partial charge in [0.05, 0.1) is 25.2 Å². The van der Waals surface area contributed by atoms with Crippen LogP contribution in [0.3, 0.4) is 0 Å². The largest absolute Gasteiger partial charge is 0.335 e. The van der Waals surface area contributed by atoms with E-state index in [9.17, 15) is 8.42 Å². The highest BCUT2D eigenvalue weighted by atomic mass is 32.2. The van der Waals surface area contributed by atoms with E-state index in [1.165, 1.54) is 0 Å². The quantitative estimate of drug-likeness (QED) is 0.734. The van der Waals surface area contributed by atoms with E-state index in [0.29, 0.717) is 13.0 Å². The molecule has 19 heavy (non-hydrogen) atoms. The predicted molar refractivity (Wildman–Crippen MR) is 69.9 cm³/mol. The van der Waals surface area contributed by atoms with Gasteiger partial charge in [0.15, 0.2) is 0 Å². The van der Waals surface area contributed by atoms with Crippen molar-refractivity contribution in [1.82, 2.24) is 14.5 Å². The van der Waals surface area contributed by atoms with Crippen molar-refractivity contribution in [3.8, 4) is 0 Å². The Morgan fingerprint density at radius 1 is 1.26 bits per heavy atom. The zero-order valence-corrected chi connectivity index (χ0v) is 11.3. The van der Waals surface area contributed by atoms with Gasteiger partial charge in [-0.15, -0.1) is 0 Å². The molecule has 6 nitrogen and oxygen atoms in total. The first kappa shape index (κ1) is 13.7. The Bertz CT molecular complexity index is 596. The van der Waals surface area contributed by atoms with Gasteiger partial charge >= 0.3 is 0 Å². The Morgan fingerprint density at radius 3 is 2.58 bits per heavy atom. The van der Waals surface area contributed by atoms with Crippen LogP contribution in [-0.2, 0) is 27.3 Å². The number of hydrogen-bond acceptors (Lipinski definition) is 5. The average molecular weight is 281 g/mol. The maximum absolute atomic E-state index is 11.3. The number of nitrogens with zero attached hydrogens (tertiary/aromatic N) is 3. The molecule has 2 heterocycles. The van der Waals surface area contributed by atoms with E-state index in [-0.39, 0.29) is 0 Å². The molecule has 0 bridgehead atoms. The van der Waals surface area contributed by atoms with E-state index in [2.05, 4.69) is 9.97 Å². The fraction of sp³-hybridized carbons (Fsp3) is 0.333. The van der Waals surface area contributed by atoms with E-state index in [0.717, 1.165) is 11.8 Å². The Labute approximate surface area is 112 Å². The summed E-state index contributed by atoms with van der Waals surface area (Å²) < 4.78 is 29.5. The second-order valence-corrected chi connectivity index (χ2v) is 5.84. The van der Waals surface area contributed by atoms with Crippen molar-refractivity contribution in [3.63, 3.8) is 0 Å². The Morgan fingerprint density at radius 2 is 2.00 bits per heavy atom. The molecule has 2 aromatic heterocycles. The van der Waals surface area contributed by atoms with Crippen LogP contribution in [0.25, 0.3) is 0 Å². The lowest BCUT2D eigenvalue weighted by Gasteiger charge is -2.16. The molecule has 0 amide bonds. The summed E-state index contributed by atoms with van der Waals surface area (Å²) in [5.74, 6) is 0. The van der Waals surface area contributed by atoms with E-state index >= 15 is 0 Å². The lowest BCUT2D eigenvalue weighted by Crippen LogP contribution is -2.25. The summed E-state index contributed by atoms with van der Waals surface area (Å²) in [4.78, 5) is 7.86. The second-order valence-electron chi connectivity index (χ2n) is 4.24. The van der Waals surface area contributed by atoms with E-state index in [1.807, 2.05) is 12.1 Å². The number of imidazole rings is 1. The lowest BCUT2D eigenvalue weighted by molar-refractivity contribution is 0.190. The van der Waals surface area contributed by atoms with Gasteiger partial charge in [0.2, 0.25) is 0 Å². The Hall–Kier alpha value is -1.73. The normalized spacial score (nSPS) is 13.3. The Balaban J connectivity index is 2.10. The first-order chi connectivity index (χ1) is 9.03. The third-order valence-electron chi connectivity index (χ3n) is 2.50. The minimum atomic E-state index is -3.50. The summed E-state index contributed by atoms with van der Waals surface area (Å²) in [7, 11) is -3.50. The van der Waals surface area contributed by atoms with Gasteiger partial charge in [-0.1, -0.05) is 0 Å². The zero-order chi connectivity index (χ0) is 13.7. The molecule has 0 saturated carbocycles. The van der Waals surface area contributed by atoms with Crippen molar-refractivity contribution in [1.29, 1.82) is 0 Å². The average Bonchev–Trinajstić information content (AvgIpc) is 2.81. The van der Waals surface area contributed by atoms with E-state index in [1.54, 1.807) is 35.7 Å². The minimum absolute atomic E-state index is 0.426. The number of hydrogen-bond donors (Lipinski definition) is 0. The molecule has 0 spiro atoms. The first-order valence-electron chi connectivity index (χ1n) is 5.76. The highest BCUT2D eigenvalue weighted by Crippen LogP contribution is 2.10. The molecule has 0 aliphatic rings. The van der Waals surface area contributed by atoms with Crippen LogP contribution in [0.2, 0.25) is 0 Å². The van der Waals surface area contributed by atoms with Crippen LogP contribution in [0.4, 0.5) is 0 Å². The highest BCUT2D eigenvalue weighted by Gasteiger charge is 2.16. The van der Waals surface area contributed by atoms with Gasteiger partial charge in [-0.25, -0.2) is 4.98 Å². The zero-order valence-electron chi connectivity index (χ0n) is 10.5. The van der Waals surface area contributed by atoms with Crippen LogP contribution in [0, 0.1) is 0 Å². The maximum atomic E-state index is 11.3. The summed E-state index contributed by atoms with van der Waals surface area (Å²) in [5.41, 5.74) is 0.976. The number of aromatic nitrogens is 3. The van der Waals surface area contributed by atoms with Crippen LogP contribution in [0.5, 0.6) is 0 Å². The molecule has 102 valence electrons. The standard InChI is InChI=1S/C12H15N3O3S/c1-19(16,17)18-12(9-15-7-6-14-10-15)8-11-2-4-13-5-3-11/h2-7,10,12H,8-9H2,1H3. The van der Waals surface area contributed by atoms with Crippen molar-refractivity contribution >= 4 is 10.1 Å². The summed E-state index contributed by atoms with van der Waals surface area (Å²) in [5, 5.41) is 0. The number of pyridine rings is 1. The van der Waals surface area contributed by atoms with Crippen LogP contribution in [-0.4, -0.2) is 35.3 Å². The van der Waals surface area contributed by atoms with Crippen molar-refractivity contribution < 1.29 is 12.6 Å². The SMILES string of the molecule is CS(=O)(=O)OC(Cc1ccncc1)Cn1ccnc1. The monoisotopic (exact) mass is 281 g/mol. The first-order valence-corrected chi connectivity index (χ1v) is 7.57. The molecule has 0 aliphatic heterocycles. The molecule has 7 heteroatoms. The third-order valence-corrected chi connectivity index (χ3v) is 3.12. The van der Waals surface area contributed by atoms with Crippen molar-refractivity contribution in [3.05, 3.63) is 48.8 Å². The summed E-state index contributed by atoms with van der Waals surface area (Å²) in [6.45, 7) is 0.426. The van der Waals surface area contributed by atoms with Gasteiger partial charge in [0.1, 0.15) is 0 Å².